The Morgan fingerprint density at radius 3 is 2.11 bits per heavy atom. The molecule has 0 atom stereocenters. The Labute approximate surface area is 112 Å². The molecule has 106 valence electrons. The van der Waals surface area contributed by atoms with Crippen LogP contribution in [0.15, 0.2) is 24.3 Å². The molecular weight excluding hydrogens is 226 g/mol. The molecule has 1 N–H and O–H groups in total. The van der Waals surface area contributed by atoms with Crippen LogP contribution in [0.5, 0.6) is 0 Å². The number of carboxylic acid groups (broad SMARTS) is 1. The van der Waals surface area contributed by atoms with E-state index in [1.165, 1.54) is 32.1 Å². The van der Waals surface area contributed by atoms with Crippen LogP contribution in [-0.2, 0) is 4.79 Å². The van der Waals surface area contributed by atoms with Crippen molar-refractivity contribution in [3.8, 4) is 0 Å². The molecule has 0 saturated carbocycles. The van der Waals surface area contributed by atoms with Crippen LogP contribution in [0.1, 0.15) is 45.4 Å². The Hall–Kier alpha value is -1.09. The number of nitrogens with zero attached hydrogens (tertiary/aromatic N) is 1. The van der Waals surface area contributed by atoms with Crippen LogP contribution in [0.4, 0.5) is 0 Å². The molecule has 0 aliphatic carbocycles. The minimum atomic E-state index is -0.891. The van der Waals surface area contributed by atoms with E-state index in [-0.39, 0.29) is 0 Å². The maximum Gasteiger partial charge on any atom is 0.328 e. The number of hydrogen-bond acceptors (Lipinski definition) is 2. The molecule has 3 nitrogen and oxygen atoms in total. The lowest BCUT2D eigenvalue weighted by molar-refractivity contribution is -0.131. The third-order valence-corrected chi connectivity index (χ3v) is 1.96. The molecule has 0 saturated heterocycles. The van der Waals surface area contributed by atoms with Gasteiger partial charge in [-0.05, 0) is 34.0 Å². The van der Waals surface area contributed by atoms with Gasteiger partial charge in [0.15, 0.2) is 0 Å². The van der Waals surface area contributed by atoms with E-state index in [4.69, 9.17) is 5.11 Å². The van der Waals surface area contributed by atoms with Gasteiger partial charge < -0.3 is 10.0 Å². The fourth-order valence-corrected chi connectivity index (χ4v) is 1.18. The molecule has 0 radical (unpaired) electrons. The van der Waals surface area contributed by atoms with Gasteiger partial charge in [-0.15, -0.1) is 0 Å². The highest BCUT2D eigenvalue weighted by Crippen LogP contribution is 2.05. The molecule has 0 bridgehead atoms. The fraction of sp³-hybridized carbons (Fsp3) is 0.667. The van der Waals surface area contributed by atoms with E-state index >= 15 is 0 Å². The first-order valence-electron chi connectivity index (χ1n) is 6.67. The van der Waals surface area contributed by atoms with Crippen molar-refractivity contribution in [2.45, 2.75) is 45.4 Å². The number of carbonyl (C=O) groups is 1. The summed E-state index contributed by atoms with van der Waals surface area (Å²) in [6.45, 7) is 2.20. The zero-order valence-electron chi connectivity index (χ0n) is 12.4. The second-order valence-corrected chi connectivity index (χ2v) is 4.67. The molecule has 0 heterocycles. The quantitative estimate of drug-likeness (QED) is 0.408. The molecule has 0 aromatic heterocycles. The largest absolute Gasteiger partial charge is 0.478 e. The molecule has 0 unspecified atom stereocenters. The lowest BCUT2D eigenvalue weighted by Gasteiger charge is -1.95. The third-order valence-electron chi connectivity index (χ3n) is 1.96. The standard InChI is InChI=1S/C12H20O2.C3H9N/c1-2-3-4-5-6-7-8-9-10-11-12(13)14;1-4(2)3/h8-11H,2-7H2,1H3,(H,13,14);1-3H3. The highest BCUT2D eigenvalue weighted by molar-refractivity contribution is 5.80. The van der Waals surface area contributed by atoms with Crippen molar-refractivity contribution in [3.63, 3.8) is 0 Å². The average Bonchev–Trinajstić information content (AvgIpc) is 2.26. The van der Waals surface area contributed by atoms with Crippen LogP contribution >= 0.6 is 0 Å². The van der Waals surface area contributed by atoms with Gasteiger partial charge in [0.2, 0.25) is 0 Å². The van der Waals surface area contributed by atoms with Crippen molar-refractivity contribution >= 4 is 5.97 Å². The lowest BCUT2D eigenvalue weighted by Crippen LogP contribution is -1.99. The summed E-state index contributed by atoms with van der Waals surface area (Å²) in [7, 11) is 6.00. The molecule has 0 aliphatic heterocycles. The summed E-state index contributed by atoms with van der Waals surface area (Å²) in [5.74, 6) is -0.891. The van der Waals surface area contributed by atoms with Crippen LogP contribution in [0.3, 0.4) is 0 Å². The second kappa shape index (κ2) is 15.9. The van der Waals surface area contributed by atoms with Gasteiger partial charge in [0.1, 0.15) is 0 Å². The van der Waals surface area contributed by atoms with Crippen molar-refractivity contribution in [2.75, 3.05) is 21.1 Å². The average molecular weight is 255 g/mol. The molecule has 18 heavy (non-hydrogen) atoms. The lowest BCUT2D eigenvalue weighted by atomic mass is 10.1. The summed E-state index contributed by atoms with van der Waals surface area (Å²) in [6.07, 6.45) is 14.0. The minimum absolute atomic E-state index is 0.891. The van der Waals surface area contributed by atoms with Crippen molar-refractivity contribution in [1.29, 1.82) is 0 Å². The van der Waals surface area contributed by atoms with Gasteiger partial charge >= 0.3 is 5.97 Å². The molecule has 0 aromatic rings. The van der Waals surface area contributed by atoms with Crippen molar-refractivity contribution < 1.29 is 9.90 Å². The molecular formula is C15H29NO2. The number of aliphatic carboxylic acids is 1. The molecule has 0 aliphatic rings. The molecule has 0 amide bonds. The highest BCUT2D eigenvalue weighted by atomic mass is 16.4. The predicted octanol–water partition coefficient (Wildman–Crippen LogP) is 3.72. The Balaban J connectivity index is 0. The highest BCUT2D eigenvalue weighted by Gasteiger charge is 1.86. The number of unbranched alkanes of at least 4 members (excludes halogenated alkanes) is 5. The Kier molecular flexibility index (Phi) is 17.0. The number of allylic oxidation sites excluding steroid dienone is 3. The monoisotopic (exact) mass is 255 g/mol. The van der Waals surface area contributed by atoms with Crippen LogP contribution < -0.4 is 0 Å². The maximum absolute atomic E-state index is 10.1. The summed E-state index contributed by atoms with van der Waals surface area (Å²) >= 11 is 0. The normalized spacial score (nSPS) is 10.9. The second-order valence-electron chi connectivity index (χ2n) is 4.67. The molecule has 0 rings (SSSR count). The fourth-order valence-electron chi connectivity index (χ4n) is 1.18. The Morgan fingerprint density at radius 2 is 1.61 bits per heavy atom. The number of hydrogen-bond donors (Lipinski definition) is 1. The van der Waals surface area contributed by atoms with E-state index in [1.807, 2.05) is 32.1 Å². The van der Waals surface area contributed by atoms with Gasteiger partial charge in [-0.25, -0.2) is 4.79 Å². The van der Waals surface area contributed by atoms with Crippen LogP contribution in [0.2, 0.25) is 0 Å². The van der Waals surface area contributed by atoms with Crippen LogP contribution in [0, 0.1) is 0 Å². The SMILES string of the molecule is CCCCCCCC=CC=CC(=O)O.CN(C)C. The Morgan fingerprint density at radius 1 is 1.06 bits per heavy atom. The molecule has 0 aromatic carbocycles. The van der Waals surface area contributed by atoms with Gasteiger partial charge in [0, 0.05) is 6.08 Å². The smallest absolute Gasteiger partial charge is 0.328 e. The van der Waals surface area contributed by atoms with E-state index in [1.54, 1.807) is 12.2 Å². The van der Waals surface area contributed by atoms with E-state index in [0.29, 0.717) is 0 Å². The first-order valence-corrected chi connectivity index (χ1v) is 6.67. The van der Waals surface area contributed by atoms with Gasteiger partial charge in [-0.2, -0.15) is 0 Å². The van der Waals surface area contributed by atoms with Gasteiger partial charge in [-0.1, -0.05) is 50.8 Å². The Bertz CT molecular complexity index is 230. The van der Waals surface area contributed by atoms with E-state index < -0.39 is 5.97 Å². The first kappa shape index (κ1) is 19.3. The van der Waals surface area contributed by atoms with Gasteiger partial charge in [-0.3, -0.25) is 0 Å². The van der Waals surface area contributed by atoms with Gasteiger partial charge in [0.05, 0.1) is 0 Å². The molecule has 3 heteroatoms. The summed E-state index contributed by atoms with van der Waals surface area (Å²) < 4.78 is 0. The van der Waals surface area contributed by atoms with Gasteiger partial charge in [0.25, 0.3) is 0 Å². The first-order chi connectivity index (χ1) is 8.50. The maximum atomic E-state index is 10.1. The van der Waals surface area contributed by atoms with Crippen molar-refractivity contribution in [3.05, 3.63) is 24.3 Å². The third kappa shape index (κ3) is 29.4. The van der Waals surface area contributed by atoms with Crippen LogP contribution in [-0.4, -0.2) is 37.1 Å². The zero-order chi connectivity index (χ0) is 14.2. The summed E-state index contributed by atoms with van der Waals surface area (Å²) in [5.41, 5.74) is 0. The summed E-state index contributed by atoms with van der Waals surface area (Å²) in [5, 5.41) is 8.29. The summed E-state index contributed by atoms with van der Waals surface area (Å²) in [6, 6.07) is 0. The predicted molar refractivity (Wildman–Crippen MR) is 78.9 cm³/mol. The molecule has 0 spiro atoms. The van der Waals surface area contributed by atoms with Crippen LogP contribution in [0.25, 0.3) is 0 Å². The zero-order valence-corrected chi connectivity index (χ0v) is 12.4. The number of carboxylic acids is 1. The van der Waals surface area contributed by atoms with E-state index in [9.17, 15) is 4.79 Å². The van der Waals surface area contributed by atoms with Crippen molar-refractivity contribution in [2.24, 2.45) is 0 Å². The van der Waals surface area contributed by atoms with E-state index in [2.05, 4.69) is 6.92 Å². The minimum Gasteiger partial charge on any atom is -0.478 e. The van der Waals surface area contributed by atoms with E-state index in [0.717, 1.165) is 12.5 Å². The number of rotatable bonds is 8. The topological polar surface area (TPSA) is 40.5 Å². The molecule has 0 fully saturated rings. The van der Waals surface area contributed by atoms with Crippen molar-refractivity contribution in [1.82, 2.24) is 4.90 Å². The summed E-state index contributed by atoms with van der Waals surface area (Å²) in [4.78, 5) is 12.1.